The van der Waals surface area contributed by atoms with Crippen LogP contribution in [-0.2, 0) is 0 Å². The average Bonchev–Trinajstić information content (AvgIpc) is 2.94. The topological polar surface area (TPSA) is 56.6 Å². The normalized spacial score (nSPS) is 11.3. The molecular formula is C15H15N5. The molecule has 5 nitrogen and oxygen atoms in total. The van der Waals surface area contributed by atoms with E-state index in [2.05, 4.69) is 20.4 Å². The van der Waals surface area contributed by atoms with Gasteiger partial charge in [-0.3, -0.25) is 5.10 Å². The minimum Gasteiger partial charge on any atom is -0.378 e. The molecule has 3 rings (SSSR count). The first-order chi connectivity index (χ1) is 9.74. The van der Waals surface area contributed by atoms with Crippen LogP contribution in [0.1, 0.15) is 0 Å². The highest BCUT2D eigenvalue weighted by Crippen LogP contribution is 2.26. The zero-order valence-electron chi connectivity index (χ0n) is 11.4. The van der Waals surface area contributed by atoms with E-state index >= 15 is 0 Å². The first-order valence-corrected chi connectivity index (χ1v) is 6.35. The Morgan fingerprint density at radius 2 is 1.80 bits per heavy atom. The van der Waals surface area contributed by atoms with Crippen LogP contribution in [-0.4, -0.2) is 24.3 Å². The summed E-state index contributed by atoms with van der Waals surface area (Å²) in [5.41, 5.74) is 3.74. The Balaban J connectivity index is 1.88. The van der Waals surface area contributed by atoms with E-state index in [1.54, 1.807) is 6.20 Å². The van der Waals surface area contributed by atoms with Gasteiger partial charge in [0.05, 0.1) is 23.1 Å². The van der Waals surface area contributed by atoms with Crippen LogP contribution in [0.3, 0.4) is 0 Å². The maximum atomic E-state index is 4.30. The van der Waals surface area contributed by atoms with Crippen molar-refractivity contribution < 1.29 is 0 Å². The van der Waals surface area contributed by atoms with E-state index in [9.17, 15) is 0 Å². The summed E-state index contributed by atoms with van der Waals surface area (Å²) in [6.45, 7) is 0. The van der Waals surface area contributed by atoms with Crippen LogP contribution >= 0.6 is 0 Å². The zero-order chi connectivity index (χ0) is 13.9. The Morgan fingerprint density at radius 3 is 2.55 bits per heavy atom. The van der Waals surface area contributed by atoms with Gasteiger partial charge in [0.2, 0.25) is 0 Å². The van der Waals surface area contributed by atoms with Crippen LogP contribution in [0.5, 0.6) is 0 Å². The van der Waals surface area contributed by atoms with Gasteiger partial charge >= 0.3 is 0 Å². The molecule has 3 aromatic rings. The van der Waals surface area contributed by atoms with Gasteiger partial charge in [-0.2, -0.15) is 10.2 Å². The smallest absolute Gasteiger partial charge is 0.0967 e. The monoisotopic (exact) mass is 265 g/mol. The number of anilines is 1. The van der Waals surface area contributed by atoms with Crippen LogP contribution in [0, 0.1) is 0 Å². The van der Waals surface area contributed by atoms with Gasteiger partial charge in [-0.15, -0.1) is 5.11 Å². The molecule has 0 unspecified atom stereocenters. The number of fused-ring (bicyclic) bond motifs is 1. The summed E-state index contributed by atoms with van der Waals surface area (Å²) in [6.07, 6.45) is 1.76. The molecule has 100 valence electrons. The first kappa shape index (κ1) is 12.3. The molecule has 1 N–H and O–H groups in total. The van der Waals surface area contributed by atoms with Crippen LogP contribution < -0.4 is 4.90 Å². The fraction of sp³-hybridized carbons (Fsp3) is 0.133. The maximum absolute atomic E-state index is 4.30. The number of nitrogens with one attached hydrogen (secondary N) is 1. The van der Waals surface area contributed by atoms with E-state index in [0.717, 1.165) is 28.0 Å². The number of aromatic nitrogens is 2. The summed E-state index contributed by atoms with van der Waals surface area (Å²) in [5.74, 6) is 0. The number of hydrogen-bond donors (Lipinski definition) is 1. The van der Waals surface area contributed by atoms with Gasteiger partial charge in [-0.25, -0.2) is 0 Å². The third kappa shape index (κ3) is 2.38. The van der Waals surface area contributed by atoms with Crippen molar-refractivity contribution in [1.82, 2.24) is 10.2 Å². The van der Waals surface area contributed by atoms with E-state index in [4.69, 9.17) is 0 Å². The molecule has 2 aromatic carbocycles. The quantitative estimate of drug-likeness (QED) is 0.726. The second-order valence-electron chi connectivity index (χ2n) is 4.72. The fourth-order valence-electron chi connectivity index (χ4n) is 1.97. The van der Waals surface area contributed by atoms with E-state index < -0.39 is 0 Å². The molecule has 0 atom stereocenters. The van der Waals surface area contributed by atoms with Crippen molar-refractivity contribution in [2.45, 2.75) is 0 Å². The molecule has 1 heterocycles. The van der Waals surface area contributed by atoms with Crippen LogP contribution in [0.15, 0.2) is 58.9 Å². The maximum Gasteiger partial charge on any atom is 0.0967 e. The van der Waals surface area contributed by atoms with Gasteiger partial charge in [-0.05, 0) is 36.4 Å². The summed E-state index contributed by atoms with van der Waals surface area (Å²) >= 11 is 0. The summed E-state index contributed by atoms with van der Waals surface area (Å²) in [5, 5.41) is 16.5. The second kappa shape index (κ2) is 5.13. The van der Waals surface area contributed by atoms with Crippen molar-refractivity contribution in [1.29, 1.82) is 0 Å². The highest BCUT2D eigenvalue weighted by atomic mass is 15.1. The van der Waals surface area contributed by atoms with Crippen molar-refractivity contribution in [3.63, 3.8) is 0 Å². The number of azo groups is 1. The van der Waals surface area contributed by atoms with E-state index in [-0.39, 0.29) is 0 Å². The Bertz CT molecular complexity index is 740. The van der Waals surface area contributed by atoms with Gasteiger partial charge in [0.25, 0.3) is 0 Å². The van der Waals surface area contributed by atoms with Crippen LogP contribution in [0.4, 0.5) is 17.1 Å². The molecule has 0 aliphatic rings. The lowest BCUT2D eigenvalue weighted by Crippen LogP contribution is -2.07. The largest absolute Gasteiger partial charge is 0.378 e. The predicted octanol–water partition coefficient (Wildman–Crippen LogP) is 4.04. The van der Waals surface area contributed by atoms with Crippen molar-refractivity contribution in [2.24, 2.45) is 10.2 Å². The SMILES string of the molecule is CN(C)c1ccc(N=Nc2cccc3[nH]ncc23)cc1. The average molecular weight is 265 g/mol. The molecule has 20 heavy (non-hydrogen) atoms. The molecule has 0 aliphatic carbocycles. The highest BCUT2D eigenvalue weighted by Gasteiger charge is 2.01. The number of nitrogens with zero attached hydrogens (tertiary/aromatic N) is 4. The summed E-state index contributed by atoms with van der Waals surface area (Å²) in [7, 11) is 4.02. The van der Waals surface area contributed by atoms with E-state index in [0.29, 0.717) is 0 Å². The number of hydrogen-bond acceptors (Lipinski definition) is 4. The molecule has 0 saturated carbocycles. The van der Waals surface area contributed by atoms with E-state index in [1.165, 1.54) is 0 Å². The van der Waals surface area contributed by atoms with Gasteiger partial charge in [-0.1, -0.05) is 6.07 Å². The zero-order valence-corrected chi connectivity index (χ0v) is 11.4. The standard InChI is InChI=1S/C15H15N5/c1-20(2)12-8-6-11(7-9-12)17-19-15-5-3-4-14-13(15)10-16-18-14/h3-10H,1-2H3,(H,16,18). The molecule has 0 bridgehead atoms. The molecule has 0 fully saturated rings. The number of rotatable bonds is 3. The van der Waals surface area contributed by atoms with Gasteiger partial charge in [0.1, 0.15) is 0 Å². The summed E-state index contributed by atoms with van der Waals surface area (Å²) in [4.78, 5) is 2.05. The number of aromatic amines is 1. The van der Waals surface area contributed by atoms with Gasteiger partial charge < -0.3 is 4.90 Å². The molecule has 5 heteroatoms. The molecule has 0 spiro atoms. The Hall–Kier alpha value is -2.69. The molecule has 0 amide bonds. The lowest BCUT2D eigenvalue weighted by molar-refractivity contribution is 1.12. The Morgan fingerprint density at radius 1 is 1.00 bits per heavy atom. The number of H-pyrrole nitrogens is 1. The Labute approximate surface area is 117 Å². The predicted molar refractivity (Wildman–Crippen MR) is 81.0 cm³/mol. The van der Waals surface area contributed by atoms with Crippen molar-refractivity contribution in [3.05, 3.63) is 48.7 Å². The molecular weight excluding hydrogens is 250 g/mol. The van der Waals surface area contributed by atoms with Crippen molar-refractivity contribution >= 4 is 28.0 Å². The third-order valence-electron chi connectivity index (χ3n) is 3.10. The third-order valence-corrected chi connectivity index (χ3v) is 3.10. The molecule has 0 aliphatic heterocycles. The number of benzene rings is 2. The summed E-state index contributed by atoms with van der Waals surface area (Å²) < 4.78 is 0. The van der Waals surface area contributed by atoms with Crippen LogP contribution in [0.25, 0.3) is 10.9 Å². The van der Waals surface area contributed by atoms with Gasteiger partial charge in [0.15, 0.2) is 0 Å². The minimum atomic E-state index is 0.813. The molecule has 0 saturated heterocycles. The Kier molecular flexibility index (Phi) is 3.16. The van der Waals surface area contributed by atoms with E-state index in [1.807, 2.05) is 61.5 Å². The lowest BCUT2D eigenvalue weighted by atomic mass is 10.2. The molecule has 1 aromatic heterocycles. The van der Waals surface area contributed by atoms with Crippen LogP contribution in [0.2, 0.25) is 0 Å². The summed E-state index contributed by atoms with van der Waals surface area (Å²) in [6, 6.07) is 13.8. The van der Waals surface area contributed by atoms with Crippen molar-refractivity contribution in [2.75, 3.05) is 19.0 Å². The minimum absolute atomic E-state index is 0.813. The van der Waals surface area contributed by atoms with Crippen molar-refractivity contribution in [3.8, 4) is 0 Å². The van der Waals surface area contributed by atoms with Gasteiger partial charge in [0, 0.05) is 25.2 Å². The first-order valence-electron chi connectivity index (χ1n) is 6.35. The second-order valence-corrected chi connectivity index (χ2v) is 4.72. The molecule has 0 radical (unpaired) electrons. The lowest BCUT2D eigenvalue weighted by Gasteiger charge is -2.11. The highest BCUT2D eigenvalue weighted by molar-refractivity contribution is 5.89. The fourth-order valence-corrected chi connectivity index (χ4v) is 1.97.